The third kappa shape index (κ3) is 0.627. The summed E-state index contributed by atoms with van der Waals surface area (Å²) >= 11 is 5.39. The highest BCUT2D eigenvalue weighted by Gasteiger charge is 2.04. The molecule has 0 bridgehead atoms. The standard InChI is InChI=1S/C3H3ClN2/c4-3-1-5-6-2-3/h1,3,5H. The molecule has 1 atom stereocenters. The van der Waals surface area contributed by atoms with Gasteiger partial charge in [-0.3, -0.25) is 0 Å². The second kappa shape index (κ2) is 1.47. The van der Waals surface area contributed by atoms with Gasteiger partial charge in [0.25, 0.3) is 0 Å². The van der Waals surface area contributed by atoms with Crippen molar-refractivity contribution in [3.63, 3.8) is 0 Å². The monoisotopic (exact) mass is 102 g/mol. The normalized spacial score (nSPS) is 30.5. The molecule has 1 unspecified atom stereocenters. The Hall–Kier alpha value is -0.240. The molecule has 3 heteroatoms. The first-order valence-electron chi connectivity index (χ1n) is 1.58. The lowest BCUT2D eigenvalue weighted by atomic mass is 10.5. The van der Waals surface area contributed by atoms with E-state index >= 15 is 0 Å². The minimum Gasteiger partial charge on any atom is -0.303 e. The van der Waals surface area contributed by atoms with E-state index in [2.05, 4.69) is 16.7 Å². The molecule has 0 aromatic heterocycles. The molecule has 0 saturated heterocycles. The van der Waals surface area contributed by atoms with Crippen molar-refractivity contribution < 1.29 is 0 Å². The fourth-order valence-corrected chi connectivity index (χ4v) is 0.344. The Kier molecular flexibility index (Phi) is 0.965. The van der Waals surface area contributed by atoms with Crippen LogP contribution in [0.15, 0.2) is 5.10 Å². The lowest BCUT2D eigenvalue weighted by molar-refractivity contribution is 0.920. The summed E-state index contributed by atoms with van der Waals surface area (Å²) in [7, 11) is 0. The van der Waals surface area contributed by atoms with Crippen molar-refractivity contribution in [1.29, 1.82) is 0 Å². The van der Waals surface area contributed by atoms with E-state index in [1.165, 1.54) is 0 Å². The van der Waals surface area contributed by atoms with Crippen LogP contribution in [0.2, 0.25) is 0 Å². The Bertz CT molecular complexity index is 71.2. The molecule has 2 radical (unpaired) electrons. The summed E-state index contributed by atoms with van der Waals surface area (Å²) in [6.45, 7) is 1.64. The molecule has 0 aromatic carbocycles. The van der Waals surface area contributed by atoms with E-state index in [0.29, 0.717) is 0 Å². The summed E-state index contributed by atoms with van der Waals surface area (Å²) in [6.07, 6.45) is 2.54. The van der Waals surface area contributed by atoms with Gasteiger partial charge in [-0.2, -0.15) is 5.10 Å². The molecule has 0 amide bonds. The molecule has 0 spiro atoms. The average molecular weight is 103 g/mol. The van der Waals surface area contributed by atoms with E-state index in [9.17, 15) is 0 Å². The Balaban J connectivity index is 2.38. The van der Waals surface area contributed by atoms with Gasteiger partial charge in [0, 0.05) is 0 Å². The van der Waals surface area contributed by atoms with Crippen molar-refractivity contribution in [2.75, 3.05) is 0 Å². The number of rotatable bonds is 0. The SMILES string of the molecule is ClC1[C]=NN[CH]1. The third-order valence-corrected chi connectivity index (χ3v) is 0.697. The Morgan fingerprint density at radius 3 is 3.00 bits per heavy atom. The molecule has 6 heavy (non-hydrogen) atoms. The van der Waals surface area contributed by atoms with Crippen molar-refractivity contribution in [2.45, 2.75) is 5.38 Å². The van der Waals surface area contributed by atoms with Gasteiger partial charge in [0.2, 0.25) is 0 Å². The summed E-state index contributed by atoms with van der Waals surface area (Å²) in [5.74, 6) is 0. The zero-order chi connectivity index (χ0) is 4.41. The Labute approximate surface area is 41.2 Å². The highest BCUT2D eigenvalue weighted by Crippen LogP contribution is 1.97. The zero-order valence-corrected chi connectivity index (χ0v) is 3.74. The van der Waals surface area contributed by atoms with Gasteiger partial charge in [0.1, 0.15) is 11.6 Å². The molecule has 0 saturated carbocycles. The number of alkyl halides is 1. The number of halogens is 1. The first-order chi connectivity index (χ1) is 2.89. The quantitative estimate of drug-likeness (QED) is 0.435. The molecule has 32 valence electrons. The van der Waals surface area contributed by atoms with E-state index < -0.39 is 0 Å². The predicted octanol–water partition coefficient (Wildman–Crippen LogP) is 0.222. The van der Waals surface area contributed by atoms with Crippen molar-refractivity contribution in [2.24, 2.45) is 5.10 Å². The van der Waals surface area contributed by atoms with Crippen LogP contribution in [0.3, 0.4) is 0 Å². The van der Waals surface area contributed by atoms with Crippen molar-refractivity contribution in [1.82, 2.24) is 5.43 Å². The van der Waals surface area contributed by atoms with E-state index in [4.69, 9.17) is 11.6 Å². The number of hydrogen-bond donors (Lipinski definition) is 1. The predicted molar refractivity (Wildman–Crippen MR) is 24.5 cm³/mol. The second-order valence-electron chi connectivity index (χ2n) is 0.938. The van der Waals surface area contributed by atoms with Crippen LogP contribution in [-0.2, 0) is 0 Å². The minimum atomic E-state index is -0.134. The largest absolute Gasteiger partial charge is 0.303 e. The van der Waals surface area contributed by atoms with E-state index in [1.54, 1.807) is 6.54 Å². The third-order valence-electron chi connectivity index (χ3n) is 0.473. The van der Waals surface area contributed by atoms with Gasteiger partial charge in [-0.25, -0.2) is 0 Å². The number of nitrogens with zero attached hydrogens (tertiary/aromatic N) is 1. The van der Waals surface area contributed by atoms with E-state index in [1.807, 2.05) is 0 Å². The van der Waals surface area contributed by atoms with Gasteiger partial charge in [-0.15, -0.1) is 11.6 Å². The van der Waals surface area contributed by atoms with Crippen LogP contribution in [0.5, 0.6) is 0 Å². The van der Waals surface area contributed by atoms with Crippen LogP contribution < -0.4 is 5.43 Å². The lowest BCUT2D eigenvalue weighted by Gasteiger charge is -1.83. The summed E-state index contributed by atoms with van der Waals surface area (Å²) in [4.78, 5) is 0. The molecule has 0 fully saturated rings. The molecule has 2 nitrogen and oxygen atoms in total. The molecule has 1 heterocycles. The molecule has 1 aliphatic heterocycles. The van der Waals surface area contributed by atoms with Crippen molar-refractivity contribution in [3.05, 3.63) is 6.54 Å². The van der Waals surface area contributed by atoms with Gasteiger partial charge < -0.3 is 5.43 Å². The fourth-order valence-electron chi connectivity index (χ4n) is 0.239. The maximum atomic E-state index is 5.39. The summed E-state index contributed by atoms with van der Waals surface area (Å²) < 4.78 is 0. The van der Waals surface area contributed by atoms with Gasteiger partial charge >= 0.3 is 0 Å². The fraction of sp³-hybridized carbons (Fsp3) is 0.333. The van der Waals surface area contributed by atoms with Gasteiger partial charge in [-0.1, -0.05) is 0 Å². The van der Waals surface area contributed by atoms with Crippen molar-refractivity contribution in [3.8, 4) is 0 Å². The minimum absolute atomic E-state index is 0.134. The van der Waals surface area contributed by atoms with Crippen molar-refractivity contribution >= 4 is 17.8 Å². The van der Waals surface area contributed by atoms with Crippen LogP contribution in [-0.4, -0.2) is 11.6 Å². The van der Waals surface area contributed by atoms with Gasteiger partial charge in [-0.05, 0) is 0 Å². The summed E-state index contributed by atoms with van der Waals surface area (Å²) in [6, 6.07) is 0. The first kappa shape index (κ1) is 3.93. The topological polar surface area (TPSA) is 24.4 Å². The van der Waals surface area contributed by atoms with Crippen LogP contribution in [0.4, 0.5) is 0 Å². The summed E-state index contributed by atoms with van der Waals surface area (Å²) in [5.41, 5.74) is 2.53. The number of nitrogens with one attached hydrogen (secondary N) is 1. The number of hydrazone groups is 1. The van der Waals surface area contributed by atoms with Crippen LogP contribution in [0, 0.1) is 6.54 Å². The molecular formula is C3H3ClN2. The Morgan fingerprint density at radius 2 is 2.83 bits per heavy atom. The molecular weight excluding hydrogens is 99.5 g/mol. The molecule has 1 rings (SSSR count). The maximum Gasteiger partial charge on any atom is 0.105 e. The molecule has 1 N–H and O–H groups in total. The van der Waals surface area contributed by atoms with Gasteiger partial charge in [0.05, 0.1) is 6.54 Å². The van der Waals surface area contributed by atoms with Crippen LogP contribution in [0.1, 0.15) is 0 Å². The molecule has 0 aliphatic carbocycles. The summed E-state index contributed by atoms with van der Waals surface area (Å²) in [5, 5.41) is 3.34. The molecule has 0 aromatic rings. The molecule has 1 aliphatic rings. The maximum absolute atomic E-state index is 5.39. The van der Waals surface area contributed by atoms with Crippen LogP contribution >= 0.6 is 11.6 Å². The zero-order valence-electron chi connectivity index (χ0n) is 2.98. The Morgan fingerprint density at radius 1 is 2.00 bits per heavy atom. The van der Waals surface area contributed by atoms with E-state index in [0.717, 1.165) is 0 Å². The lowest BCUT2D eigenvalue weighted by Crippen LogP contribution is -1.99. The average Bonchev–Trinajstić information content (AvgIpc) is 1.86. The first-order valence-corrected chi connectivity index (χ1v) is 2.01. The second-order valence-corrected chi connectivity index (χ2v) is 1.41. The van der Waals surface area contributed by atoms with Gasteiger partial charge in [0.15, 0.2) is 0 Å². The smallest absolute Gasteiger partial charge is 0.105 e. The van der Waals surface area contributed by atoms with Crippen LogP contribution in [0.25, 0.3) is 0 Å². The highest BCUT2D eigenvalue weighted by molar-refractivity contribution is 6.29. The number of hydrogen-bond acceptors (Lipinski definition) is 2. The van der Waals surface area contributed by atoms with E-state index in [-0.39, 0.29) is 5.38 Å². The highest BCUT2D eigenvalue weighted by atomic mass is 35.5.